The molecule has 6 nitrogen and oxygen atoms in total. The lowest BCUT2D eigenvalue weighted by Gasteiger charge is -2.10. The van der Waals surface area contributed by atoms with E-state index in [0.717, 1.165) is 0 Å². The quantitative estimate of drug-likeness (QED) is 0.663. The lowest BCUT2D eigenvalue weighted by Crippen LogP contribution is -2.16. The predicted molar refractivity (Wildman–Crippen MR) is 81.2 cm³/mol. The number of carbonyl (C=O) groups excluding carboxylic acids is 1. The number of nitrogens with two attached hydrogens (primary N) is 1. The van der Waals surface area contributed by atoms with E-state index in [-0.39, 0.29) is 11.7 Å². The highest BCUT2D eigenvalue weighted by atomic mass is 35.5. The zero-order valence-corrected chi connectivity index (χ0v) is 12.8. The minimum Gasteiger partial charge on any atom is -0.397 e. The Labute approximate surface area is 129 Å². The van der Waals surface area contributed by atoms with E-state index in [2.05, 4.69) is 15.4 Å². The van der Waals surface area contributed by atoms with E-state index in [9.17, 15) is 4.79 Å². The second-order valence-electron chi connectivity index (χ2n) is 3.85. The van der Waals surface area contributed by atoms with E-state index >= 15 is 0 Å². The number of nitrogens with zero attached hydrogens (tertiary/aromatic N) is 3. The number of halogens is 2. The van der Waals surface area contributed by atoms with Crippen LogP contribution in [0.25, 0.3) is 0 Å². The highest BCUT2D eigenvalue weighted by Crippen LogP contribution is 2.32. The zero-order chi connectivity index (χ0) is 14.7. The average Bonchev–Trinajstić information content (AvgIpc) is 2.77. The summed E-state index contributed by atoms with van der Waals surface area (Å²) in [5, 5.41) is 7.93. The lowest BCUT2D eigenvalue weighted by molar-refractivity contribution is -0.113. The molecule has 9 heteroatoms. The molecule has 0 aliphatic carbocycles. The Morgan fingerprint density at radius 1 is 1.50 bits per heavy atom. The van der Waals surface area contributed by atoms with E-state index < -0.39 is 0 Å². The van der Waals surface area contributed by atoms with Gasteiger partial charge in [0.2, 0.25) is 5.91 Å². The SMILES string of the molecule is Cn1ncnc1SCC(=O)Nc1c(N)cc(Cl)cc1Cl. The molecule has 0 spiro atoms. The molecule has 2 aromatic rings. The number of aromatic nitrogens is 3. The first-order chi connectivity index (χ1) is 9.47. The molecule has 2 rings (SSSR count). The second kappa shape index (κ2) is 6.34. The van der Waals surface area contributed by atoms with Gasteiger partial charge in [0.1, 0.15) is 6.33 Å². The molecular formula is C11H11Cl2N5OS. The first-order valence-electron chi connectivity index (χ1n) is 5.48. The van der Waals surface area contributed by atoms with Crippen molar-refractivity contribution in [3.63, 3.8) is 0 Å². The van der Waals surface area contributed by atoms with Crippen LogP contribution in [0.2, 0.25) is 10.0 Å². The molecule has 1 amide bonds. The molecule has 1 aromatic carbocycles. The maximum Gasteiger partial charge on any atom is 0.234 e. The van der Waals surface area contributed by atoms with Crippen LogP contribution in [0, 0.1) is 0 Å². The van der Waals surface area contributed by atoms with Crippen LogP contribution in [-0.2, 0) is 11.8 Å². The van der Waals surface area contributed by atoms with Crippen molar-refractivity contribution in [2.45, 2.75) is 5.16 Å². The minimum absolute atomic E-state index is 0.172. The third kappa shape index (κ3) is 3.56. The average molecular weight is 332 g/mol. The monoisotopic (exact) mass is 331 g/mol. The number of nitrogens with one attached hydrogen (secondary N) is 1. The second-order valence-corrected chi connectivity index (χ2v) is 5.64. The Bertz CT molecular complexity index is 622. The molecular weight excluding hydrogens is 321 g/mol. The van der Waals surface area contributed by atoms with Gasteiger partial charge in [0.25, 0.3) is 0 Å². The van der Waals surface area contributed by atoms with Gasteiger partial charge in [0.05, 0.1) is 22.2 Å². The highest BCUT2D eigenvalue weighted by Gasteiger charge is 2.12. The number of hydrogen-bond acceptors (Lipinski definition) is 5. The summed E-state index contributed by atoms with van der Waals surface area (Å²) in [5.74, 6) is -0.0702. The van der Waals surface area contributed by atoms with Crippen LogP contribution < -0.4 is 11.1 Å². The fourth-order valence-electron chi connectivity index (χ4n) is 1.45. The molecule has 0 unspecified atom stereocenters. The number of anilines is 2. The van der Waals surface area contributed by atoms with Crippen LogP contribution in [0.5, 0.6) is 0 Å². The maximum atomic E-state index is 11.9. The fourth-order valence-corrected chi connectivity index (χ4v) is 2.69. The molecule has 1 heterocycles. The molecule has 0 saturated carbocycles. The lowest BCUT2D eigenvalue weighted by atomic mass is 10.2. The Balaban J connectivity index is 2.00. The molecule has 0 atom stereocenters. The van der Waals surface area contributed by atoms with Crippen molar-refractivity contribution < 1.29 is 4.79 Å². The van der Waals surface area contributed by atoms with Crippen LogP contribution in [-0.4, -0.2) is 26.4 Å². The van der Waals surface area contributed by atoms with Gasteiger partial charge >= 0.3 is 0 Å². The van der Waals surface area contributed by atoms with Crippen LogP contribution in [0.15, 0.2) is 23.6 Å². The summed E-state index contributed by atoms with van der Waals surface area (Å²) in [6.45, 7) is 0. The van der Waals surface area contributed by atoms with Crippen molar-refractivity contribution in [1.29, 1.82) is 0 Å². The van der Waals surface area contributed by atoms with Gasteiger partial charge in [-0.1, -0.05) is 35.0 Å². The van der Waals surface area contributed by atoms with Crippen molar-refractivity contribution in [1.82, 2.24) is 14.8 Å². The van der Waals surface area contributed by atoms with Crippen molar-refractivity contribution in [3.05, 3.63) is 28.5 Å². The molecule has 0 bridgehead atoms. The summed E-state index contributed by atoms with van der Waals surface area (Å²) in [7, 11) is 1.75. The summed E-state index contributed by atoms with van der Waals surface area (Å²) in [6, 6.07) is 3.05. The Hall–Kier alpha value is -1.44. The summed E-state index contributed by atoms with van der Waals surface area (Å²) in [6.07, 6.45) is 1.42. The van der Waals surface area contributed by atoms with E-state index in [4.69, 9.17) is 28.9 Å². The van der Waals surface area contributed by atoms with Crippen LogP contribution in [0.4, 0.5) is 11.4 Å². The van der Waals surface area contributed by atoms with Gasteiger partial charge in [0.15, 0.2) is 5.16 Å². The van der Waals surface area contributed by atoms with Crippen LogP contribution >= 0.6 is 35.0 Å². The zero-order valence-electron chi connectivity index (χ0n) is 10.4. The minimum atomic E-state index is -0.242. The third-order valence-electron chi connectivity index (χ3n) is 2.35. The normalized spacial score (nSPS) is 10.6. The van der Waals surface area contributed by atoms with E-state index in [1.54, 1.807) is 11.7 Å². The highest BCUT2D eigenvalue weighted by molar-refractivity contribution is 7.99. The summed E-state index contributed by atoms with van der Waals surface area (Å²) in [4.78, 5) is 15.9. The fraction of sp³-hybridized carbons (Fsp3) is 0.182. The molecule has 106 valence electrons. The number of thioether (sulfide) groups is 1. The van der Waals surface area contributed by atoms with Gasteiger partial charge in [-0.3, -0.25) is 4.79 Å². The van der Waals surface area contributed by atoms with Gasteiger partial charge in [-0.05, 0) is 12.1 Å². The van der Waals surface area contributed by atoms with Gasteiger partial charge in [0, 0.05) is 12.1 Å². The number of benzene rings is 1. The number of rotatable bonds is 4. The van der Waals surface area contributed by atoms with E-state index in [0.29, 0.717) is 26.6 Å². The van der Waals surface area contributed by atoms with Gasteiger partial charge in [-0.2, -0.15) is 5.10 Å². The summed E-state index contributed by atoms with van der Waals surface area (Å²) in [5.41, 5.74) is 6.45. The molecule has 0 aliphatic rings. The molecule has 0 radical (unpaired) electrons. The first-order valence-corrected chi connectivity index (χ1v) is 7.22. The number of aryl methyl sites for hydroxylation is 1. The van der Waals surface area contributed by atoms with E-state index in [1.165, 1.54) is 30.2 Å². The molecule has 0 saturated heterocycles. The molecule has 1 aromatic heterocycles. The summed E-state index contributed by atoms with van der Waals surface area (Å²) >= 11 is 13.1. The number of carbonyl (C=O) groups is 1. The molecule has 0 aliphatic heterocycles. The molecule has 0 fully saturated rings. The van der Waals surface area contributed by atoms with Gasteiger partial charge in [-0.15, -0.1) is 0 Å². The molecule has 20 heavy (non-hydrogen) atoms. The predicted octanol–water partition coefficient (Wildman–Crippen LogP) is 2.43. The van der Waals surface area contributed by atoms with Crippen molar-refractivity contribution in [3.8, 4) is 0 Å². The Morgan fingerprint density at radius 2 is 2.25 bits per heavy atom. The van der Waals surface area contributed by atoms with Crippen molar-refractivity contribution in [2.75, 3.05) is 16.8 Å². The van der Waals surface area contributed by atoms with Gasteiger partial charge in [-0.25, -0.2) is 9.67 Å². The maximum absolute atomic E-state index is 11.9. The topological polar surface area (TPSA) is 85.8 Å². The number of nitrogen functional groups attached to an aromatic ring is 1. The standard InChI is InChI=1S/C11H11Cl2N5OS/c1-18-11(15-5-16-18)20-4-9(19)17-10-7(13)2-6(12)3-8(10)14/h2-3,5H,4,14H2,1H3,(H,17,19). The van der Waals surface area contributed by atoms with Gasteiger partial charge < -0.3 is 11.1 Å². The Kier molecular flexibility index (Phi) is 4.74. The largest absolute Gasteiger partial charge is 0.397 e. The van der Waals surface area contributed by atoms with E-state index in [1.807, 2.05) is 0 Å². The first kappa shape index (κ1) is 15.0. The summed E-state index contributed by atoms with van der Waals surface area (Å²) < 4.78 is 1.58. The third-order valence-corrected chi connectivity index (χ3v) is 3.90. The number of amides is 1. The Morgan fingerprint density at radius 3 is 2.85 bits per heavy atom. The van der Waals surface area contributed by atoms with Crippen molar-refractivity contribution >= 4 is 52.2 Å². The van der Waals surface area contributed by atoms with Crippen molar-refractivity contribution in [2.24, 2.45) is 7.05 Å². The smallest absolute Gasteiger partial charge is 0.234 e. The van der Waals surface area contributed by atoms with Crippen LogP contribution in [0.1, 0.15) is 0 Å². The number of hydrogen-bond donors (Lipinski definition) is 2. The molecule has 3 N–H and O–H groups in total. The van der Waals surface area contributed by atoms with Crippen LogP contribution in [0.3, 0.4) is 0 Å².